The van der Waals surface area contributed by atoms with Gasteiger partial charge in [0.1, 0.15) is 0 Å². The van der Waals surface area contributed by atoms with Gasteiger partial charge in [-0.1, -0.05) is 43.7 Å². The second kappa shape index (κ2) is 12.0. The zero-order valence-electron chi connectivity index (χ0n) is 21.5. The minimum atomic E-state index is -1.00. The molecule has 35 heavy (non-hydrogen) atoms. The Balaban J connectivity index is 1.67. The fraction of sp³-hybridized carbons (Fsp3) is 0.607. The van der Waals surface area contributed by atoms with Crippen molar-refractivity contribution in [2.75, 3.05) is 6.54 Å². The topological polar surface area (TPSA) is 104 Å². The highest BCUT2D eigenvalue weighted by molar-refractivity contribution is 5.75. The molecule has 0 aliphatic heterocycles. The average molecular weight is 484 g/mol. The van der Waals surface area contributed by atoms with Crippen LogP contribution in [0.2, 0.25) is 0 Å². The number of nitrogens with one attached hydrogen (secondary N) is 1. The number of carbonyl (C=O) groups is 1. The number of carbonyl (C=O) groups excluding carboxylic acids is 1. The molecule has 3 N–H and O–H groups in total. The van der Waals surface area contributed by atoms with Crippen LogP contribution in [0, 0.1) is 25.7 Å². The normalized spacial score (nSPS) is 27.8. The van der Waals surface area contributed by atoms with Crippen LogP contribution >= 0.6 is 0 Å². The maximum absolute atomic E-state index is 12.7. The standard InChI is InChI=1S/C28H41N3O4/c1-19-10-11-24(18-29-26(33)12-13-31-21(3)15-20(2)30-27(31)34)28(4,35)17-23(16-25(32)14-19)22-8-6-5-7-9-22/h5-9,15,19,23-25,32,35H,10-14,16-18H2,1-4H3,(H,29,33)/t19-,23-,24+,25+,28-/m1/s1. The summed E-state index contributed by atoms with van der Waals surface area (Å²) >= 11 is 0. The lowest BCUT2D eigenvalue weighted by Gasteiger charge is -2.38. The van der Waals surface area contributed by atoms with Gasteiger partial charge in [0.25, 0.3) is 0 Å². The minimum Gasteiger partial charge on any atom is -0.393 e. The highest BCUT2D eigenvalue weighted by atomic mass is 16.3. The number of aliphatic hydroxyl groups is 2. The fourth-order valence-electron chi connectivity index (χ4n) is 5.44. The van der Waals surface area contributed by atoms with Crippen LogP contribution in [0.1, 0.15) is 75.2 Å². The summed E-state index contributed by atoms with van der Waals surface area (Å²) in [6.07, 6.45) is 3.30. The summed E-state index contributed by atoms with van der Waals surface area (Å²) in [6.45, 7) is 8.27. The predicted molar refractivity (Wildman–Crippen MR) is 137 cm³/mol. The number of hydrogen-bond acceptors (Lipinski definition) is 5. The summed E-state index contributed by atoms with van der Waals surface area (Å²) in [5.74, 6) is 0.111. The van der Waals surface area contributed by atoms with Crippen molar-refractivity contribution in [2.45, 2.75) is 90.4 Å². The molecule has 0 radical (unpaired) electrons. The molecule has 0 bridgehead atoms. The number of amides is 1. The molecule has 1 aromatic carbocycles. The van der Waals surface area contributed by atoms with Crippen LogP contribution < -0.4 is 11.0 Å². The Hall–Kier alpha value is -2.51. The van der Waals surface area contributed by atoms with Crippen LogP contribution in [-0.4, -0.2) is 43.9 Å². The molecular formula is C28H41N3O4. The Bertz CT molecular complexity index is 1030. The number of nitrogens with zero attached hydrogens (tertiary/aromatic N) is 2. The molecule has 1 aromatic heterocycles. The third-order valence-corrected chi connectivity index (χ3v) is 7.50. The van der Waals surface area contributed by atoms with Crippen LogP contribution in [0.3, 0.4) is 0 Å². The van der Waals surface area contributed by atoms with E-state index in [-0.39, 0.29) is 36.4 Å². The van der Waals surface area contributed by atoms with Crippen LogP contribution in [0.4, 0.5) is 0 Å². The summed E-state index contributed by atoms with van der Waals surface area (Å²) in [4.78, 5) is 28.8. The molecule has 0 spiro atoms. The van der Waals surface area contributed by atoms with Crippen molar-refractivity contribution < 1.29 is 15.0 Å². The summed E-state index contributed by atoms with van der Waals surface area (Å²) in [6, 6.07) is 11.9. The number of rotatable bonds is 6. The van der Waals surface area contributed by atoms with E-state index in [1.54, 1.807) is 6.92 Å². The molecule has 5 atom stereocenters. The number of aliphatic hydroxyl groups excluding tert-OH is 1. The van der Waals surface area contributed by atoms with Crippen molar-refractivity contribution in [2.24, 2.45) is 11.8 Å². The Labute approximate surface area is 208 Å². The van der Waals surface area contributed by atoms with E-state index < -0.39 is 11.7 Å². The largest absolute Gasteiger partial charge is 0.393 e. The van der Waals surface area contributed by atoms with E-state index in [4.69, 9.17) is 0 Å². The Morgan fingerprint density at radius 3 is 2.60 bits per heavy atom. The maximum Gasteiger partial charge on any atom is 0.347 e. The molecule has 7 heteroatoms. The number of hydrogen-bond donors (Lipinski definition) is 3. The highest BCUT2D eigenvalue weighted by Crippen LogP contribution is 2.38. The summed E-state index contributed by atoms with van der Waals surface area (Å²) in [5.41, 5.74) is 1.23. The van der Waals surface area contributed by atoms with Gasteiger partial charge in [0.05, 0.1) is 11.7 Å². The first kappa shape index (κ1) is 27.1. The van der Waals surface area contributed by atoms with Gasteiger partial charge in [0.2, 0.25) is 5.91 Å². The van der Waals surface area contributed by atoms with Crippen LogP contribution in [0.25, 0.3) is 0 Å². The molecule has 1 aliphatic rings. The monoisotopic (exact) mass is 483 g/mol. The van der Waals surface area contributed by atoms with E-state index in [9.17, 15) is 19.8 Å². The molecule has 7 nitrogen and oxygen atoms in total. The van der Waals surface area contributed by atoms with E-state index >= 15 is 0 Å². The van der Waals surface area contributed by atoms with Crippen molar-refractivity contribution in [3.8, 4) is 0 Å². The molecule has 0 saturated heterocycles. The van der Waals surface area contributed by atoms with Gasteiger partial charge in [-0.2, -0.15) is 4.98 Å². The number of aryl methyl sites for hydroxylation is 2. The van der Waals surface area contributed by atoms with Gasteiger partial charge >= 0.3 is 5.69 Å². The van der Waals surface area contributed by atoms with Crippen LogP contribution in [0.15, 0.2) is 41.2 Å². The maximum atomic E-state index is 12.7. The number of aromatic nitrogens is 2. The van der Waals surface area contributed by atoms with Crippen molar-refractivity contribution in [3.63, 3.8) is 0 Å². The van der Waals surface area contributed by atoms with Gasteiger partial charge in [0, 0.05) is 36.8 Å². The zero-order valence-corrected chi connectivity index (χ0v) is 21.5. The van der Waals surface area contributed by atoms with Gasteiger partial charge in [0.15, 0.2) is 0 Å². The van der Waals surface area contributed by atoms with E-state index in [0.29, 0.717) is 31.0 Å². The van der Waals surface area contributed by atoms with Gasteiger partial charge in [-0.05, 0) is 69.9 Å². The Morgan fingerprint density at radius 2 is 1.91 bits per heavy atom. The van der Waals surface area contributed by atoms with E-state index in [1.807, 2.05) is 38.1 Å². The van der Waals surface area contributed by atoms with E-state index in [0.717, 1.165) is 30.5 Å². The predicted octanol–water partition coefficient (Wildman–Crippen LogP) is 3.48. The quantitative estimate of drug-likeness (QED) is 0.584. The van der Waals surface area contributed by atoms with E-state index in [1.165, 1.54) is 4.57 Å². The van der Waals surface area contributed by atoms with Crippen molar-refractivity contribution in [1.82, 2.24) is 14.9 Å². The van der Waals surface area contributed by atoms with Gasteiger partial charge in [-0.3, -0.25) is 9.36 Å². The van der Waals surface area contributed by atoms with Crippen molar-refractivity contribution in [3.05, 3.63) is 63.8 Å². The lowest BCUT2D eigenvalue weighted by Crippen LogP contribution is -2.44. The second-order valence-electron chi connectivity index (χ2n) is 10.7. The molecule has 0 unspecified atom stereocenters. The zero-order chi connectivity index (χ0) is 25.6. The molecule has 192 valence electrons. The lowest BCUT2D eigenvalue weighted by atomic mass is 9.73. The van der Waals surface area contributed by atoms with Crippen LogP contribution in [-0.2, 0) is 11.3 Å². The molecule has 1 amide bonds. The molecule has 2 aromatic rings. The molecule has 1 fully saturated rings. The van der Waals surface area contributed by atoms with Gasteiger partial charge < -0.3 is 15.5 Å². The third-order valence-electron chi connectivity index (χ3n) is 7.50. The summed E-state index contributed by atoms with van der Waals surface area (Å²) < 4.78 is 1.52. The van der Waals surface area contributed by atoms with E-state index in [2.05, 4.69) is 29.4 Å². The first-order valence-corrected chi connectivity index (χ1v) is 12.8. The minimum absolute atomic E-state index is 0.0357. The average Bonchev–Trinajstić information content (AvgIpc) is 2.77. The van der Waals surface area contributed by atoms with Crippen molar-refractivity contribution in [1.29, 1.82) is 0 Å². The highest BCUT2D eigenvalue weighted by Gasteiger charge is 2.36. The van der Waals surface area contributed by atoms with Gasteiger partial charge in [-0.25, -0.2) is 4.79 Å². The van der Waals surface area contributed by atoms with Gasteiger partial charge in [-0.15, -0.1) is 0 Å². The molecule has 1 aliphatic carbocycles. The SMILES string of the molecule is Cc1cc(C)n(CCC(=O)NC[C@@H]2CC[C@@H](C)C[C@H](O)C[C@@H](c3ccccc3)C[C@@]2(C)O)c(=O)n1. The van der Waals surface area contributed by atoms with Crippen LogP contribution in [0.5, 0.6) is 0 Å². The first-order chi connectivity index (χ1) is 16.5. The summed E-state index contributed by atoms with van der Waals surface area (Å²) in [5, 5.41) is 25.3. The smallest absolute Gasteiger partial charge is 0.347 e. The second-order valence-corrected chi connectivity index (χ2v) is 10.7. The molecule has 3 rings (SSSR count). The Kier molecular flexibility index (Phi) is 9.25. The summed E-state index contributed by atoms with van der Waals surface area (Å²) in [7, 11) is 0. The third kappa shape index (κ3) is 7.74. The lowest BCUT2D eigenvalue weighted by molar-refractivity contribution is -0.122. The fourth-order valence-corrected chi connectivity index (χ4v) is 5.44. The first-order valence-electron chi connectivity index (χ1n) is 12.8. The molecular weight excluding hydrogens is 442 g/mol. The molecule has 1 heterocycles. The molecule has 1 saturated carbocycles. The Morgan fingerprint density at radius 1 is 1.20 bits per heavy atom. The number of benzene rings is 1. The van der Waals surface area contributed by atoms with Crippen molar-refractivity contribution >= 4 is 5.91 Å².